The lowest BCUT2D eigenvalue weighted by Crippen LogP contribution is -1.96. The molecule has 1 aromatic carbocycles. The second kappa shape index (κ2) is 6.61. The summed E-state index contributed by atoms with van der Waals surface area (Å²) in [4.78, 5) is 6.24. The highest BCUT2D eigenvalue weighted by atomic mass is 32.1. The van der Waals surface area contributed by atoms with Gasteiger partial charge in [-0.15, -0.1) is 11.3 Å². The zero-order valence-corrected chi connectivity index (χ0v) is 14.0. The molecule has 1 N–H and O–H groups in total. The molecule has 1 aromatic heterocycles. The van der Waals surface area contributed by atoms with E-state index in [9.17, 15) is 0 Å². The Labute approximate surface area is 135 Å². The summed E-state index contributed by atoms with van der Waals surface area (Å²) in [7, 11) is 0. The van der Waals surface area contributed by atoms with E-state index in [-0.39, 0.29) is 0 Å². The lowest BCUT2D eigenvalue weighted by Gasteiger charge is -2.09. The Morgan fingerprint density at radius 2 is 1.95 bits per heavy atom. The molecule has 0 saturated heterocycles. The normalized spacial score (nSPS) is 16.4. The summed E-state index contributed by atoms with van der Waals surface area (Å²) < 4.78 is 0. The van der Waals surface area contributed by atoms with Gasteiger partial charge < -0.3 is 5.21 Å². The third-order valence-corrected chi connectivity index (χ3v) is 5.72. The minimum atomic E-state index is 0.631. The van der Waals surface area contributed by atoms with Gasteiger partial charge in [0.05, 0.1) is 21.3 Å². The second-order valence-electron chi connectivity index (χ2n) is 5.92. The summed E-state index contributed by atoms with van der Waals surface area (Å²) >= 11 is 1.83. The molecule has 1 aliphatic carbocycles. The Balaban J connectivity index is 1.98. The summed E-state index contributed by atoms with van der Waals surface area (Å²) in [6.45, 7) is 3.98. The van der Waals surface area contributed by atoms with Crippen LogP contribution in [-0.4, -0.2) is 15.9 Å². The standard InChI is InChI=1S/C18H22N2OS/c1-3-16-19-17(14-6-4-5-7-14)18(22-16)15-10-8-13(9-11-15)12(2)20-21/h8-11,14,21H,3-7H2,1-2H3. The number of hydrogen-bond acceptors (Lipinski definition) is 4. The molecule has 3 nitrogen and oxygen atoms in total. The number of hydrogen-bond donors (Lipinski definition) is 1. The van der Waals surface area contributed by atoms with Crippen LogP contribution in [0.1, 0.15) is 61.7 Å². The van der Waals surface area contributed by atoms with Gasteiger partial charge in [-0.2, -0.15) is 0 Å². The Kier molecular flexibility index (Phi) is 4.57. The van der Waals surface area contributed by atoms with E-state index in [1.165, 1.54) is 46.8 Å². The molecule has 4 heteroatoms. The van der Waals surface area contributed by atoms with Crippen molar-refractivity contribution < 1.29 is 5.21 Å². The van der Waals surface area contributed by atoms with E-state index in [4.69, 9.17) is 10.2 Å². The number of nitrogens with zero attached hydrogens (tertiary/aromatic N) is 2. The van der Waals surface area contributed by atoms with E-state index >= 15 is 0 Å². The van der Waals surface area contributed by atoms with Crippen LogP contribution in [0.2, 0.25) is 0 Å². The van der Waals surface area contributed by atoms with Crippen LogP contribution in [0.25, 0.3) is 10.4 Å². The molecule has 0 amide bonds. The van der Waals surface area contributed by atoms with E-state index in [0.29, 0.717) is 11.6 Å². The van der Waals surface area contributed by atoms with Crippen LogP contribution in [0.5, 0.6) is 0 Å². The van der Waals surface area contributed by atoms with Gasteiger partial charge in [-0.1, -0.05) is 49.2 Å². The molecule has 0 radical (unpaired) electrons. The van der Waals surface area contributed by atoms with Crippen LogP contribution >= 0.6 is 11.3 Å². The zero-order chi connectivity index (χ0) is 15.5. The Morgan fingerprint density at radius 1 is 1.27 bits per heavy atom. The van der Waals surface area contributed by atoms with Gasteiger partial charge in [0.25, 0.3) is 0 Å². The van der Waals surface area contributed by atoms with Crippen LogP contribution in [-0.2, 0) is 6.42 Å². The predicted molar refractivity (Wildman–Crippen MR) is 92.1 cm³/mol. The Hall–Kier alpha value is -1.68. The minimum absolute atomic E-state index is 0.631. The number of oxime groups is 1. The molecule has 22 heavy (non-hydrogen) atoms. The van der Waals surface area contributed by atoms with Gasteiger partial charge >= 0.3 is 0 Å². The van der Waals surface area contributed by atoms with Crippen molar-refractivity contribution in [2.24, 2.45) is 5.16 Å². The maximum atomic E-state index is 8.88. The SMILES string of the molecule is CCc1nc(C2CCCC2)c(-c2ccc(C(C)=NO)cc2)s1. The highest BCUT2D eigenvalue weighted by Crippen LogP contribution is 2.41. The molecule has 0 spiro atoms. The van der Waals surface area contributed by atoms with E-state index in [1.807, 2.05) is 23.5 Å². The molecule has 2 aromatic rings. The molecule has 1 saturated carbocycles. The minimum Gasteiger partial charge on any atom is -0.411 e. The first-order chi connectivity index (χ1) is 10.7. The van der Waals surface area contributed by atoms with Gasteiger partial charge in [-0.3, -0.25) is 0 Å². The fraction of sp³-hybridized carbons (Fsp3) is 0.444. The van der Waals surface area contributed by atoms with E-state index < -0.39 is 0 Å². The summed E-state index contributed by atoms with van der Waals surface area (Å²) in [6.07, 6.45) is 6.20. The third kappa shape index (κ3) is 2.93. The number of aryl methyl sites for hydroxylation is 1. The maximum absolute atomic E-state index is 8.88. The number of aromatic nitrogens is 1. The van der Waals surface area contributed by atoms with Crippen LogP contribution in [0.4, 0.5) is 0 Å². The topological polar surface area (TPSA) is 45.5 Å². The molecule has 1 fully saturated rings. The third-order valence-electron chi connectivity index (χ3n) is 4.46. The van der Waals surface area contributed by atoms with Crippen molar-refractivity contribution in [3.05, 3.63) is 40.5 Å². The van der Waals surface area contributed by atoms with Gasteiger partial charge in [-0.25, -0.2) is 4.98 Å². The van der Waals surface area contributed by atoms with Crippen molar-refractivity contribution in [3.8, 4) is 10.4 Å². The highest BCUT2D eigenvalue weighted by Gasteiger charge is 2.24. The lowest BCUT2D eigenvalue weighted by molar-refractivity contribution is 0.319. The fourth-order valence-corrected chi connectivity index (χ4v) is 4.23. The van der Waals surface area contributed by atoms with Gasteiger partial charge in [0.1, 0.15) is 0 Å². The molecule has 1 aliphatic rings. The molecule has 0 bridgehead atoms. The molecule has 0 aliphatic heterocycles. The van der Waals surface area contributed by atoms with E-state index in [2.05, 4.69) is 24.2 Å². The van der Waals surface area contributed by atoms with Crippen LogP contribution in [0, 0.1) is 0 Å². The largest absolute Gasteiger partial charge is 0.411 e. The molecule has 1 heterocycles. The molecule has 116 valence electrons. The first-order valence-corrected chi connectivity index (χ1v) is 8.83. The zero-order valence-electron chi connectivity index (χ0n) is 13.2. The molecule has 0 unspecified atom stereocenters. The van der Waals surface area contributed by atoms with E-state index in [1.54, 1.807) is 6.92 Å². The van der Waals surface area contributed by atoms with Crippen molar-refractivity contribution >= 4 is 17.0 Å². The highest BCUT2D eigenvalue weighted by molar-refractivity contribution is 7.15. The quantitative estimate of drug-likeness (QED) is 0.477. The number of benzene rings is 1. The summed E-state index contributed by atoms with van der Waals surface area (Å²) in [6, 6.07) is 8.28. The van der Waals surface area contributed by atoms with Crippen LogP contribution in [0.15, 0.2) is 29.4 Å². The Morgan fingerprint density at radius 3 is 2.55 bits per heavy atom. The van der Waals surface area contributed by atoms with E-state index in [0.717, 1.165) is 12.0 Å². The fourth-order valence-electron chi connectivity index (χ4n) is 3.13. The lowest BCUT2D eigenvalue weighted by atomic mass is 9.99. The van der Waals surface area contributed by atoms with Crippen LogP contribution in [0.3, 0.4) is 0 Å². The smallest absolute Gasteiger partial charge is 0.0932 e. The summed E-state index contributed by atoms with van der Waals surface area (Å²) in [5, 5.41) is 13.4. The van der Waals surface area contributed by atoms with Crippen molar-refractivity contribution in [2.75, 3.05) is 0 Å². The molecule has 3 rings (SSSR count). The molecule has 0 atom stereocenters. The Bertz CT molecular complexity index is 667. The monoisotopic (exact) mass is 314 g/mol. The van der Waals surface area contributed by atoms with Crippen molar-refractivity contribution in [3.63, 3.8) is 0 Å². The van der Waals surface area contributed by atoms with Gasteiger partial charge in [0.2, 0.25) is 0 Å². The van der Waals surface area contributed by atoms with Crippen molar-refractivity contribution in [1.82, 2.24) is 4.98 Å². The summed E-state index contributed by atoms with van der Waals surface area (Å²) in [5.74, 6) is 0.631. The van der Waals surface area contributed by atoms with Gasteiger partial charge in [-0.05, 0) is 37.3 Å². The second-order valence-corrected chi connectivity index (χ2v) is 7.00. The van der Waals surface area contributed by atoms with Gasteiger partial charge in [0.15, 0.2) is 0 Å². The molecular weight excluding hydrogens is 292 g/mol. The predicted octanol–water partition coefficient (Wildman–Crippen LogP) is 5.23. The van der Waals surface area contributed by atoms with Gasteiger partial charge in [0, 0.05) is 5.92 Å². The molecular formula is C18H22N2OS. The van der Waals surface area contributed by atoms with Crippen LogP contribution < -0.4 is 0 Å². The van der Waals surface area contributed by atoms with Crippen molar-refractivity contribution in [2.45, 2.75) is 51.9 Å². The number of thiazole rings is 1. The average molecular weight is 314 g/mol. The first-order valence-electron chi connectivity index (χ1n) is 8.02. The summed E-state index contributed by atoms with van der Waals surface area (Å²) in [5.41, 5.74) is 4.13. The first kappa shape index (κ1) is 15.2. The maximum Gasteiger partial charge on any atom is 0.0932 e. The number of rotatable bonds is 4. The van der Waals surface area contributed by atoms with Crippen molar-refractivity contribution in [1.29, 1.82) is 0 Å². The average Bonchev–Trinajstić information content (AvgIpc) is 3.23.